The minimum atomic E-state index is -0.530. The Bertz CT molecular complexity index is 504. The van der Waals surface area contributed by atoms with Crippen LogP contribution < -0.4 is 9.47 Å². The van der Waals surface area contributed by atoms with E-state index in [4.69, 9.17) is 21.1 Å². The Morgan fingerprint density at radius 1 is 1.38 bits per heavy atom. The summed E-state index contributed by atoms with van der Waals surface area (Å²) in [6.07, 6.45) is 3.19. The molecule has 82 valence electrons. The Balaban J connectivity index is 2.20. The molecule has 0 unspecified atom stereocenters. The van der Waals surface area contributed by atoms with E-state index >= 15 is 0 Å². The summed E-state index contributed by atoms with van der Waals surface area (Å²) >= 11 is 6.14. The largest absolute Gasteiger partial charge is 0.454 e. The van der Waals surface area contributed by atoms with Crippen molar-refractivity contribution < 1.29 is 14.3 Å². The highest BCUT2D eigenvalue weighted by molar-refractivity contribution is 6.31. The topological polar surface area (TPSA) is 47.9 Å². The molecule has 0 saturated heterocycles. The zero-order valence-electron chi connectivity index (χ0n) is 8.33. The molecule has 0 aromatic heterocycles. The second kappa shape index (κ2) is 3.24. The van der Waals surface area contributed by atoms with Crippen LogP contribution in [0.2, 0.25) is 5.02 Å². The minimum absolute atomic E-state index is 0.184. The van der Waals surface area contributed by atoms with Crippen LogP contribution in [0.1, 0.15) is 18.4 Å². The molecule has 0 amide bonds. The van der Waals surface area contributed by atoms with Crippen molar-refractivity contribution >= 4 is 17.7 Å². The van der Waals surface area contributed by atoms with Gasteiger partial charge in [-0.05, 0) is 25.0 Å². The molecule has 1 saturated carbocycles. The van der Waals surface area contributed by atoms with Gasteiger partial charge in [0.25, 0.3) is 0 Å². The predicted octanol–water partition coefficient (Wildman–Crippen LogP) is 2.39. The molecule has 1 heterocycles. The van der Waals surface area contributed by atoms with E-state index in [1.165, 1.54) is 0 Å². The summed E-state index contributed by atoms with van der Waals surface area (Å²) in [4.78, 5) is 14.3. The fourth-order valence-electron chi connectivity index (χ4n) is 2.01. The molecule has 0 radical (unpaired) electrons. The Morgan fingerprint density at radius 3 is 2.88 bits per heavy atom. The van der Waals surface area contributed by atoms with Crippen LogP contribution in [-0.2, 0) is 10.3 Å². The van der Waals surface area contributed by atoms with Crippen LogP contribution >= 0.6 is 11.6 Å². The summed E-state index contributed by atoms with van der Waals surface area (Å²) in [5, 5.41) is 0.556. The van der Waals surface area contributed by atoms with Crippen LogP contribution in [-0.4, -0.2) is 12.9 Å². The Labute approximate surface area is 96.8 Å². The normalized spacial score (nSPS) is 19.1. The first-order valence-corrected chi connectivity index (χ1v) is 5.32. The number of halogens is 1. The van der Waals surface area contributed by atoms with Crippen LogP contribution in [0.5, 0.6) is 11.5 Å². The number of hydrogen-bond acceptors (Lipinski definition) is 4. The van der Waals surface area contributed by atoms with Crippen LogP contribution in [0.25, 0.3) is 0 Å². The summed E-state index contributed by atoms with van der Waals surface area (Å²) in [6.45, 7) is 0.184. The average molecular weight is 238 g/mol. The number of benzene rings is 1. The molecule has 0 spiro atoms. The van der Waals surface area contributed by atoms with E-state index in [1.807, 2.05) is 0 Å². The van der Waals surface area contributed by atoms with Gasteiger partial charge in [-0.25, -0.2) is 4.79 Å². The van der Waals surface area contributed by atoms with Gasteiger partial charge < -0.3 is 9.47 Å². The van der Waals surface area contributed by atoms with Crippen LogP contribution in [0.3, 0.4) is 0 Å². The van der Waals surface area contributed by atoms with Gasteiger partial charge in [0, 0.05) is 5.56 Å². The van der Waals surface area contributed by atoms with Crippen molar-refractivity contribution in [2.75, 3.05) is 6.79 Å². The van der Waals surface area contributed by atoms with Gasteiger partial charge in [-0.2, -0.15) is 4.99 Å². The molecule has 1 aromatic rings. The van der Waals surface area contributed by atoms with Crippen molar-refractivity contribution in [3.8, 4) is 11.5 Å². The van der Waals surface area contributed by atoms with Crippen molar-refractivity contribution in [3.63, 3.8) is 0 Å². The first-order chi connectivity index (χ1) is 7.77. The van der Waals surface area contributed by atoms with E-state index in [0.717, 1.165) is 18.4 Å². The Kier molecular flexibility index (Phi) is 1.96. The second-order valence-corrected chi connectivity index (χ2v) is 4.30. The van der Waals surface area contributed by atoms with Gasteiger partial charge in [0.2, 0.25) is 12.9 Å². The number of rotatable bonds is 2. The third-order valence-corrected chi connectivity index (χ3v) is 3.25. The van der Waals surface area contributed by atoms with Crippen molar-refractivity contribution in [3.05, 3.63) is 22.7 Å². The third-order valence-electron chi connectivity index (χ3n) is 2.94. The molecule has 0 N–H and O–H groups in total. The smallest absolute Gasteiger partial charge is 0.235 e. The molecule has 1 aromatic carbocycles. The molecular weight excluding hydrogens is 230 g/mol. The molecule has 5 heteroatoms. The summed E-state index contributed by atoms with van der Waals surface area (Å²) in [5.74, 6) is 1.27. The lowest BCUT2D eigenvalue weighted by Crippen LogP contribution is -2.05. The van der Waals surface area contributed by atoms with Gasteiger partial charge in [0.1, 0.15) is 5.54 Å². The van der Waals surface area contributed by atoms with E-state index in [2.05, 4.69) is 4.99 Å². The zero-order chi connectivity index (χ0) is 11.2. The monoisotopic (exact) mass is 237 g/mol. The average Bonchev–Trinajstić information content (AvgIpc) is 2.89. The fourth-order valence-corrected chi connectivity index (χ4v) is 2.33. The maximum Gasteiger partial charge on any atom is 0.235 e. The lowest BCUT2D eigenvalue weighted by Gasteiger charge is -2.13. The molecule has 16 heavy (non-hydrogen) atoms. The molecular formula is C11H8ClNO3. The van der Waals surface area contributed by atoms with E-state index in [9.17, 15) is 4.79 Å². The molecule has 1 fully saturated rings. The fraction of sp³-hybridized carbons (Fsp3) is 0.364. The first-order valence-electron chi connectivity index (χ1n) is 4.94. The van der Waals surface area contributed by atoms with Gasteiger partial charge in [-0.15, -0.1) is 0 Å². The lowest BCUT2D eigenvalue weighted by atomic mass is 10.0. The predicted molar refractivity (Wildman–Crippen MR) is 56.6 cm³/mol. The number of ether oxygens (including phenoxy) is 2. The number of fused-ring (bicyclic) bond motifs is 1. The van der Waals surface area contributed by atoms with E-state index in [0.29, 0.717) is 16.5 Å². The highest BCUT2D eigenvalue weighted by Gasteiger charge is 2.49. The maximum absolute atomic E-state index is 10.4. The van der Waals surface area contributed by atoms with Crippen LogP contribution in [0, 0.1) is 0 Å². The van der Waals surface area contributed by atoms with E-state index in [-0.39, 0.29) is 6.79 Å². The van der Waals surface area contributed by atoms with E-state index < -0.39 is 5.54 Å². The highest BCUT2D eigenvalue weighted by atomic mass is 35.5. The number of hydrogen-bond donors (Lipinski definition) is 0. The van der Waals surface area contributed by atoms with Gasteiger partial charge >= 0.3 is 0 Å². The summed E-state index contributed by atoms with van der Waals surface area (Å²) in [6, 6.07) is 3.50. The summed E-state index contributed by atoms with van der Waals surface area (Å²) < 4.78 is 10.7. The summed E-state index contributed by atoms with van der Waals surface area (Å²) in [5.41, 5.74) is 0.227. The molecule has 4 nitrogen and oxygen atoms in total. The number of carbonyl (C=O) groups excluding carboxylic acids is 1. The standard InChI is InChI=1S/C11H8ClNO3/c12-7-1-2-8-10(16-6-15-8)9(7)11(3-4-11)13-5-14/h1-2H,3-4,6H2. The van der Waals surface area contributed by atoms with Gasteiger partial charge in [0.05, 0.1) is 5.02 Å². The van der Waals surface area contributed by atoms with Crippen LogP contribution in [0.15, 0.2) is 17.1 Å². The number of nitrogens with zero attached hydrogens (tertiary/aromatic N) is 1. The zero-order valence-corrected chi connectivity index (χ0v) is 9.08. The SMILES string of the molecule is O=C=NC1(c2c(Cl)ccc3c2OCO3)CC1. The number of aliphatic imine (C=N–C) groups is 1. The Morgan fingerprint density at radius 2 is 2.19 bits per heavy atom. The van der Waals surface area contributed by atoms with Crippen molar-refractivity contribution in [2.45, 2.75) is 18.4 Å². The molecule has 0 bridgehead atoms. The molecule has 1 aliphatic carbocycles. The second-order valence-electron chi connectivity index (χ2n) is 3.89. The highest BCUT2D eigenvalue weighted by Crippen LogP contribution is 2.57. The van der Waals surface area contributed by atoms with E-state index in [1.54, 1.807) is 18.2 Å². The van der Waals surface area contributed by atoms with Gasteiger partial charge in [-0.1, -0.05) is 11.6 Å². The number of isocyanates is 1. The lowest BCUT2D eigenvalue weighted by molar-refractivity contribution is 0.173. The third kappa shape index (κ3) is 1.24. The van der Waals surface area contributed by atoms with Crippen LogP contribution in [0.4, 0.5) is 0 Å². The Hall–Kier alpha value is -1.51. The van der Waals surface area contributed by atoms with Crippen molar-refractivity contribution in [1.82, 2.24) is 0 Å². The van der Waals surface area contributed by atoms with Crippen molar-refractivity contribution in [1.29, 1.82) is 0 Å². The quantitative estimate of drug-likeness (QED) is 0.586. The summed E-state index contributed by atoms with van der Waals surface area (Å²) in [7, 11) is 0. The minimum Gasteiger partial charge on any atom is -0.454 e. The maximum atomic E-state index is 10.4. The molecule has 3 rings (SSSR count). The molecule has 2 aliphatic rings. The van der Waals surface area contributed by atoms with Gasteiger partial charge in [-0.3, -0.25) is 0 Å². The molecule has 0 atom stereocenters. The molecule has 1 aliphatic heterocycles. The van der Waals surface area contributed by atoms with Gasteiger partial charge in [0.15, 0.2) is 11.5 Å². The first kappa shape index (κ1) is 9.70. The van der Waals surface area contributed by atoms with Crippen molar-refractivity contribution in [2.24, 2.45) is 4.99 Å².